The van der Waals surface area contributed by atoms with Crippen LogP contribution in [0.2, 0.25) is 0 Å². The van der Waals surface area contributed by atoms with Gasteiger partial charge in [0.1, 0.15) is 0 Å². The average Bonchev–Trinajstić information content (AvgIpc) is 1.98. The molecule has 0 aromatic rings. The van der Waals surface area contributed by atoms with E-state index in [0.29, 0.717) is 5.92 Å². The molecule has 0 aromatic carbocycles. The van der Waals surface area contributed by atoms with Crippen LogP contribution in [0.15, 0.2) is 0 Å². The van der Waals surface area contributed by atoms with E-state index >= 15 is 0 Å². The summed E-state index contributed by atoms with van der Waals surface area (Å²) in [6, 6.07) is 0. The van der Waals surface area contributed by atoms with Gasteiger partial charge in [0, 0.05) is 6.61 Å². The van der Waals surface area contributed by atoms with Crippen molar-refractivity contribution >= 4 is 0 Å². The minimum atomic E-state index is 0.283. The highest BCUT2D eigenvalue weighted by Crippen LogP contribution is 2.09. The van der Waals surface area contributed by atoms with Crippen LogP contribution in [-0.4, -0.2) is 18.3 Å². The summed E-state index contributed by atoms with van der Waals surface area (Å²) in [7, 11) is 0. The fourth-order valence-electron chi connectivity index (χ4n) is 1.06. The van der Waals surface area contributed by atoms with Crippen molar-refractivity contribution in [2.75, 3.05) is 13.2 Å². The largest absolute Gasteiger partial charge is 0.396 e. The Morgan fingerprint density at radius 3 is 2.50 bits per heavy atom. The van der Waals surface area contributed by atoms with Crippen LogP contribution in [0, 0.1) is 5.92 Å². The van der Waals surface area contributed by atoms with Crippen LogP contribution in [0.5, 0.6) is 0 Å². The van der Waals surface area contributed by atoms with E-state index in [1.54, 1.807) is 0 Å². The molecule has 0 fully saturated rings. The van der Waals surface area contributed by atoms with E-state index in [-0.39, 0.29) is 6.61 Å². The molecule has 0 rings (SSSR count). The van der Waals surface area contributed by atoms with E-state index in [2.05, 4.69) is 6.92 Å². The number of rotatable bonds is 6. The first-order valence-electron chi connectivity index (χ1n) is 4.16. The molecule has 0 aromatic heterocycles. The van der Waals surface area contributed by atoms with Gasteiger partial charge in [0.25, 0.3) is 0 Å². The van der Waals surface area contributed by atoms with Crippen LogP contribution in [0.3, 0.4) is 0 Å². The van der Waals surface area contributed by atoms with Gasteiger partial charge in [-0.1, -0.05) is 19.8 Å². The topological polar surface area (TPSA) is 46.2 Å². The Morgan fingerprint density at radius 2 is 2.10 bits per heavy atom. The van der Waals surface area contributed by atoms with Gasteiger partial charge in [0.15, 0.2) is 0 Å². The van der Waals surface area contributed by atoms with Crippen molar-refractivity contribution in [2.24, 2.45) is 11.7 Å². The Balaban J connectivity index is 3.21. The zero-order valence-electron chi connectivity index (χ0n) is 6.84. The Bertz CT molecular complexity index is 66.3. The predicted molar refractivity (Wildman–Crippen MR) is 43.8 cm³/mol. The van der Waals surface area contributed by atoms with E-state index in [0.717, 1.165) is 13.0 Å². The van der Waals surface area contributed by atoms with Gasteiger partial charge in [-0.3, -0.25) is 0 Å². The lowest BCUT2D eigenvalue weighted by Crippen LogP contribution is -2.15. The van der Waals surface area contributed by atoms with Gasteiger partial charge in [-0.2, -0.15) is 0 Å². The molecule has 0 spiro atoms. The third kappa shape index (κ3) is 4.77. The van der Waals surface area contributed by atoms with Crippen molar-refractivity contribution in [1.82, 2.24) is 0 Å². The molecule has 0 bridgehead atoms. The lowest BCUT2D eigenvalue weighted by Gasteiger charge is -2.11. The zero-order chi connectivity index (χ0) is 7.82. The van der Waals surface area contributed by atoms with Crippen LogP contribution >= 0.6 is 0 Å². The molecular weight excluding hydrogens is 126 g/mol. The molecule has 1 unspecified atom stereocenters. The molecule has 10 heavy (non-hydrogen) atoms. The van der Waals surface area contributed by atoms with Crippen molar-refractivity contribution in [2.45, 2.75) is 32.6 Å². The maximum atomic E-state index is 8.61. The second kappa shape index (κ2) is 7.03. The first-order valence-corrected chi connectivity index (χ1v) is 4.16. The summed E-state index contributed by atoms with van der Waals surface area (Å²) < 4.78 is 0. The lowest BCUT2D eigenvalue weighted by molar-refractivity contribution is 0.252. The van der Waals surface area contributed by atoms with Crippen molar-refractivity contribution in [3.8, 4) is 0 Å². The normalized spacial score (nSPS) is 13.5. The van der Waals surface area contributed by atoms with Gasteiger partial charge in [0.05, 0.1) is 0 Å². The molecule has 0 radical (unpaired) electrons. The Labute approximate surface area is 63.4 Å². The van der Waals surface area contributed by atoms with Gasteiger partial charge in [-0.05, 0) is 25.3 Å². The molecule has 0 aliphatic carbocycles. The summed E-state index contributed by atoms with van der Waals surface area (Å²) in [5.41, 5.74) is 5.49. The predicted octanol–water partition coefficient (Wildman–Crippen LogP) is 1.13. The Hall–Kier alpha value is -0.0800. The van der Waals surface area contributed by atoms with Gasteiger partial charge in [0.2, 0.25) is 0 Å². The second-order valence-corrected chi connectivity index (χ2v) is 2.76. The molecule has 62 valence electrons. The summed E-state index contributed by atoms with van der Waals surface area (Å²) in [5.74, 6) is 0.546. The van der Waals surface area contributed by atoms with Gasteiger partial charge in [-0.25, -0.2) is 0 Å². The smallest absolute Gasteiger partial charge is 0.0434 e. The molecular formula is C8H19NO. The standard InChI is InChI=1S/C8H19NO/c1-2-3-4-8(7-9)5-6-10/h8,10H,2-7,9H2,1H3. The number of hydrogen-bond donors (Lipinski definition) is 2. The molecule has 2 heteroatoms. The van der Waals surface area contributed by atoms with Crippen LogP contribution < -0.4 is 5.73 Å². The first kappa shape index (κ1) is 9.92. The fraction of sp³-hybridized carbons (Fsp3) is 1.00. The third-order valence-electron chi connectivity index (χ3n) is 1.84. The van der Waals surface area contributed by atoms with E-state index < -0.39 is 0 Å². The summed E-state index contributed by atoms with van der Waals surface area (Å²) >= 11 is 0. The quantitative estimate of drug-likeness (QED) is 0.588. The maximum Gasteiger partial charge on any atom is 0.0434 e. The number of unbranched alkanes of at least 4 members (excludes halogenated alkanes) is 1. The molecule has 0 aliphatic heterocycles. The molecule has 0 saturated heterocycles. The van der Waals surface area contributed by atoms with Gasteiger partial charge < -0.3 is 10.8 Å². The van der Waals surface area contributed by atoms with Crippen LogP contribution in [0.25, 0.3) is 0 Å². The molecule has 0 aliphatic rings. The molecule has 1 atom stereocenters. The Morgan fingerprint density at radius 1 is 1.40 bits per heavy atom. The summed E-state index contributed by atoms with van der Waals surface area (Å²) in [6.07, 6.45) is 4.51. The highest BCUT2D eigenvalue weighted by atomic mass is 16.3. The number of hydrogen-bond acceptors (Lipinski definition) is 2. The minimum Gasteiger partial charge on any atom is -0.396 e. The zero-order valence-corrected chi connectivity index (χ0v) is 6.84. The Kier molecular flexibility index (Phi) is 6.98. The number of nitrogens with two attached hydrogens (primary N) is 1. The maximum absolute atomic E-state index is 8.61. The third-order valence-corrected chi connectivity index (χ3v) is 1.84. The summed E-state index contributed by atoms with van der Waals surface area (Å²) in [5, 5.41) is 8.61. The summed E-state index contributed by atoms with van der Waals surface area (Å²) in [4.78, 5) is 0. The van der Waals surface area contributed by atoms with E-state index in [1.165, 1.54) is 19.3 Å². The van der Waals surface area contributed by atoms with Crippen molar-refractivity contribution < 1.29 is 5.11 Å². The monoisotopic (exact) mass is 145 g/mol. The van der Waals surface area contributed by atoms with Crippen LogP contribution in [0.4, 0.5) is 0 Å². The number of aliphatic hydroxyl groups excluding tert-OH is 1. The molecule has 3 N–H and O–H groups in total. The first-order chi connectivity index (χ1) is 4.85. The van der Waals surface area contributed by atoms with Crippen molar-refractivity contribution in [3.05, 3.63) is 0 Å². The van der Waals surface area contributed by atoms with E-state index in [9.17, 15) is 0 Å². The molecule has 2 nitrogen and oxygen atoms in total. The summed E-state index contributed by atoms with van der Waals surface area (Å²) in [6.45, 7) is 3.18. The minimum absolute atomic E-state index is 0.283. The number of aliphatic hydroxyl groups is 1. The van der Waals surface area contributed by atoms with Crippen molar-refractivity contribution in [1.29, 1.82) is 0 Å². The van der Waals surface area contributed by atoms with E-state index in [1.807, 2.05) is 0 Å². The van der Waals surface area contributed by atoms with Crippen LogP contribution in [0.1, 0.15) is 32.6 Å². The van der Waals surface area contributed by atoms with Crippen LogP contribution in [-0.2, 0) is 0 Å². The highest BCUT2D eigenvalue weighted by molar-refractivity contribution is 4.58. The molecule has 0 amide bonds. The van der Waals surface area contributed by atoms with E-state index in [4.69, 9.17) is 10.8 Å². The van der Waals surface area contributed by atoms with Crippen molar-refractivity contribution in [3.63, 3.8) is 0 Å². The fourth-order valence-corrected chi connectivity index (χ4v) is 1.06. The SMILES string of the molecule is CCCCC(CN)CCO. The lowest BCUT2D eigenvalue weighted by atomic mass is 9.99. The second-order valence-electron chi connectivity index (χ2n) is 2.76. The average molecular weight is 145 g/mol. The molecule has 0 heterocycles. The van der Waals surface area contributed by atoms with Gasteiger partial charge >= 0.3 is 0 Å². The molecule has 0 saturated carbocycles. The highest BCUT2D eigenvalue weighted by Gasteiger charge is 2.03. The van der Waals surface area contributed by atoms with Gasteiger partial charge in [-0.15, -0.1) is 0 Å².